The normalized spacial score (nSPS) is 14.2. The number of rotatable bonds is 15. The van der Waals surface area contributed by atoms with E-state index >= 15 is 0 Å². The predicted molar refractivity (Wildman–Crippen MR) is 251 cm³/mol. The van der Waals surface area contributed by atoms with Crippen LogP contribution in [0.25, 0.3) is 21.8 Å². The van der Waals surface area contributed by atoms with E-state index in [0.717, 1.165) is 123 Å². The van der Waals surface area contributed by atoms with Crippen LogP contribution < -0.4 is 14.2 Å². The topological polar surface area (TPSA) is 182 Å². The maximum atomic E-state index is 10.2. The van der Waals surface area contributed by atoms with E-state index in [1.807, 2.05) is 49.4 Å². The Labute approximate surface area is 384 Å². The zero-order valence-electron chi connectivity index (χ0n) is 37.2. The van der Waals surface area contributed by atoms with E-state index in [2.05, 4.69) is 32.8 Å². The highest BCUT2D eigenvalue weighted by molar-refractivity contribution is 6.35. The smallest absolute Gasteiger partial charge is 0.269 e. The maximum absolute atomic E-state index is 10.2. The Morgan fingerprint density at radius 1 is 0.677 bits per heavy atom. The number of aryl methyl sites for hydroxylation is 3. The summed E-state index contributed by atoms with van der Waals surface area (Å²) in [4.78, 5) is 23.3. The van der Waals surface area contributed by atoms with Crippen LogP contribution in [0.3, 0.4) is 0 Å². The molecule has 4 aromatic carbocycles. The molecule has 2 fully saturated rings. The number of nitrogens with zero attached hydrogens (tertiary/aromatic N) is 5. The van der Waals surface area contributed by atoms with E-state index in [0.29, 0.717) is 41.0 Å². The minimum absolute atomic E-state index is 0.000278. The van der Waals surface area contributed by atoms with Gasteiger partial charge in [0.25, 0.3) is 5.69 Å². The molecular formula is C49H58ClN5O10. The van der Waals surface area contributed by atoms with Gasteiger partial charge in [0.2, 0.25) is 0 Å². The summed E-state index contributed by atoms with van der Waals surface area (Å²) in [5, 5.41) is 41.0. The van der Waals surface area contributed by atoms with Gasteiger partial charge in [0.1, 0.15) is 28.7 Å². The Kier molecular flexibility index (Phi) is 18.5. The largest absolute Gasteiger partial charge is 0.508 e. The highest BCUT2D eigenvalue weighted by Crippen LogP contribution is 2.35. The second-order valence-electron chi connectivity index (χ2n) is 15.8. The number of aliphatic hydroxyl groups is 2. The van der Waals surface area contributed by atoms with Crippen molar-refractivity contribution in [3.8, 4) is 28.7 Å². The number of hydrogen-bond donors (Lipinski definition) is 3. The summed E-state index contributed by atoms with van der Waals surface area (Å²) in [5.41, 5.74) is 5.81. The fourth-order valence-corrected chi connectivity index (χ4v) is 7.57. The van der Waals surface area contributed by atoms with Crippen molar-refractivity contribution in [3.63, 3.8) is 0 Å². The number of morpholine rings is 2. The monoisotopic (exact) mass is 911 g/mol. The first kappa shape index (κ1) is 48.8. The van der Waals surface area contributed by atoms with Gasteiger partial charge in [-0.2, -0.15) is 0 Å². The van der Waals surface area contributed by atoms with Gasteiger partial charge in [0, 0.05) is 97.8 Å². The molecule has 2 aliphatic heterocycles. The number of nitro benzene ring substituents is 1. The number of aliphatic hydroxyl groups excluding tert-OH is 2. The molecule has 0 spiro atoms. The van der Waals surface area contributed by atoms with Crippen LogP contribution in [0.4, 0.5) is 5.69 Å². The summed E-state index contributed by atoms with van der Waals surface area (Å²) >= 11 is 6.17. The summed E-state index contributed by atoms with van der Waals surface area (Å²) in [6.07, 6.45) is 5.27. The number of fused-ring (bicyclic) bond motifs is 2. The van der Waals surface area contributed by atoms with Gasteiger partial charge in [-0.15, -0.1) is 0 Å². The second kappa shape index (κ2) is 24.6. The van der Waals surface area contributed by atoms with Gasteiger partial charge >= 0.3 is 0 Å². The summed E-state index contributed by atoms with van der Waals surface area (Å²) in [6.45, 7) is 15.9. The van der Waals surface area contributed by atoms with Crippen molar-refractivity contribution >= 4 is 39.1 Å². The minimum Gasteiger partial charge on any atom is -0.508 e. The summed E-state index contributed by atoms with van der Waals surface area (Å²) < 4.78 is 28.8. The molecule has 6 aromatic rings. The molecule has 65 heavy (non-hydrogen) atoms. The van der Waals surface area contributed by atoms with E-state index < -0.39 is 4.92 Å². The van der Waals surface area contributed by atoms with Crippen molar-refractivity contribution in [2.75, 3.05) is 78.9 Å². The molecular weight excluding hydrogens is 854 g/mol. The number of aromatic hydroxyl groups is 1. The first-order valence-corrected chi connectivity index (χ1v) is 22.2. The van der Waals surface area contributed by atoms with Crippen LogP contribution >= 0.6 is 11.6 Å². The van der Waals surface area contributed by atoms with Gasteiger partial charge in [-0.1, -0.05) is 29.3 Å². The van der Waals surface area contributed by atoms with Crippen LogP contribution in [-0.2, 0) is 22.7 Å². The molecule has 0 saturated carbocycles. The SMILES string of the molecule is Cc1cc([N+](=O)[O-])ccc1O.Cc1ccc(Oc2ccnc3cc(OCCCN4CCOCC4)c(CO)cc23)c(C)c1.OCc1cc2c(Cl)ccnc2cc1OCCCN1CCOCC1. The molecule has 0 aliphatic carbocycles. The number of non-ortho nitro benzene ring substituents is 1. The van der Waals surface area contributed by atoms with Gasteiger partial charge in [-0.25, -0.2) is 0 Å². The number of halogens is 1. The molecule has 16 heteroatoms. The number of ether oxygens (including phenoxy) is 5. The summed E-state index contributed by atoms with van der Waals surface area (Å²) in [7, 11) is 0. The van der Waals surface area contributed by atoms with E-state index in [4.69, 9.17) is 40.4 Å². The number of phenols is 1. The first-order chi connectivity index (χ1) is 31.5. The molecule has 346 valence electrons. The van der Waals surface area contributed by atoms with Gasteiger partial charge < -0.3 is 39.0 Å². The third kappa shape index (κ3) is 14.2. The number of aromatic nitrogens is 2. The Balaban J connectivity index is 0.000000180. The Morgan fingerprint density at radius 3 is 1.77 bits per heavy atom. The Morgan fingerprint density at radius 2 is 1.23 bits per heavy atom. The fourth-order valence-electron chi connectivity index (χ4n) is 7.36. The van der Waals surface area contributed by atoms with E-state index in [1.54, 1.807) is 25.4 Å². The Hall–Kier alpha value is -5.65. The van der Waals surface area contributed by atoms with Crippen LogP contribution in [0.2, 0.25) is 5.02 Å². The van der Waals surface area contributed by atoms with Crippen molar-refractivity contribution in [1.82, 2.24) is 19.8 Å². The second-order valence-corrected chi connectivity index (χ2v) is 16.2. The van der Waals surface area contributed by atoms with Crippen molar-refractivity contribution in [3.05, 3.63) is 128 Å². The molecule has 2 saturated heterocycles. The number of nitro groups is 1. The van der Waals surface area contributed by atoms with E-state index in [-0.39, 0.29) is 24.7 Å². The number of pyridine rings is 2. The lowest BCUT2D eigenvalue weighted by molar-refractivity contribution is -0.384. The van der Waals surface area contributed by atoms with E-state index in [1.165, 1.54) is 23.8 Å². The van der Waals surface area contributed by atoms with Crippen molar-refractivity contribution in [2.24, 2.45) is 0 Å². The number of benzene rings is 4. The maximum Gasteiger partial charge on any atom is 0.269 e. The average molecular weight is 912 g/mol. The van der Waals surface area contributed by atoms with E-state index in [9.17, 15) is 20.3 Å². The third-order valence-electron chi connectivity index (χ3n) is 11.0. The Bertz CT molecular complexity index is 2500. The van der Waals surface area contributed by atoms with Gasteiger partial charge in [-0.05, 0) is 81.1 Å². The molecule has 0 amide bonds. The average Bonchev–Trinajstić information content (AvgIpc) is 3.32. The quantitative estimate of drug-likeness (QED) is 0.0508. The van der Waals surface area contributed by atoms with Gasteiger partial charge in [0.15, 0.2) is 0 Å². The molecule has 0 atom stereocenters. The molecule has 4 heterocycles. The number of phenolic OH excluding ortho intramolecular Hbond substituents is 1. The lowest BCUT2D eigenvalue weighted by Crippen LogP contribution is -2.37. The molecule has 3 N–H and O–H groups in total. The van der Waals surface area contributed by atoms with Gasteiger partial charge in [-0.3, -0.25) is 29.9 Å². The first-order valence-electron chi connectivity index (χ1n) is 21.8. The predicted octanol–water partition coefficient (Wildman–Crippen LogP) is 8.33. The van der Waals surface area contributed by atoms with Crippen LogP contribution in [0.1, 0.15) is 40.7 Å². The standard InChI is InChI=1S/C25H30N2O4.C17H21ClN2O3.C7H7NO3/c1-18-4-5-23(19(2)14-18)31-24-6-7-26-22-16-25(20(17-28)15-21(22)24)30-11-3-8-27-9-12-29-13-10-27;18-15-2-3-19-16-11-17(13(12-21)10-14(15)16)23-7-1-4-20-5-8-22-9-6-20;1-5-4-6(8(10)11)2-3-7(5)9/h4-7,14-16,28H,3,8-13,17H2,1-2H3;2-3,10-11,21H,1,4-9,12H2;2-4,9H,1H3. The van der Waals surface area contributed by atoms with Crippen LogP contribution in [0, 0.1) is 30.9 Å². The zero-order valence-corrected chi connectivity index (χ0v) is 38.0. The molecule has 2 aliphatic rings. The summed E-state index contributed by atoms with van der Waals surface area (Å²) in [6, 6.07) is 21.1. The molecule has 8 rings (SSSR count). The number of hydrogen-bond acceptors (Lipinski definition) is 14. The highest BCUT2D eigenvalue weighted by Gasteiger charge is 2.15. The van der Waals surface area contributed by atoms with Crippen molar-refractivity contribution < 1.29 is 43.9 Å². The van der Waals surface area contributed by atoms with Gasteiger partial charge in [0.05, 0.1) is 73.8 Å². The molecule has 0 bridgehead atoms. The van der Waals surface area contributed by atoms with Crippen molar-refractivity contribution in [1.29, 1.82) is 0 Å². The molecule has 0 unspecified atom stereocenters. The zero-order chi connectivity index (χ0) is 46.1. The molecule has 0 radical (unpaired) electrons. The third-order valence-corrected chi connectivity index (χ3v) is 11.3. The highest BCUT2D eigenvalue weighted by atomic mass is 35.5. The van der Waals surface area contributed by atoms with Crippen LogP contribution in [0.15, 0.2) is 85.2 Å². The van der Waals surface area contributed by atoms with Crippen LogP contribution in [-0.4, -0.2) is 119 Å². The lowest BCUT2D eigenvalue weighted by Gasteiger charge is -2.26. The lowest BCUT2D eigenvalue weighted by atomic mass is 10.1. The molecule has 2 aromatic heterocycles. The summed E-state index contributed by atoms with van der Waals surface area (Å²) in [5.74, 6) is 2.96. The molecule has 15 nitrogen and oxygen atoms in total. The van der Waals surface area contributed by atoms with Crippen LogP contribution in [0.5, 0.6) is 28.7 Å². The minimum atomic E-state index is -0.494. The van der Waals surface area contributed by atoms with Crippen molar-refractivity contribution in [2.45, 2.75) is 46.8 Å². The fraction of sp³-hybridized carbons (Fsp3) is 0.388.